The molecule has 0 spiro atoms. The molecule has 0 aliphatic carbocycles. The molecule has 0 aliphatic heterocycles. The second-order valence-electron chi connectivity index (χ2n) is 9.23. The molecule has 4 N–H and O–H groups in total. The van der Waals surface area contributed by atoms with Crippen LogP contribution in [0.5, 0.6) is 0 Å². The van der Waals surface area contributed by atoms with Crippen molar-refractivity contribution in [3.05, 3.63) is 140 Å². The molecule has 4 rings (SSSR count). The molecule has 11 nitrogen and oxygen atoms in total. The normalized spacial score (nSPS) is 9.93. The molecule has 2 aromatic carbocycles. The molecule has 2 aromatic heterocycles. The number of carboxylic acid groups (broad SMARTS) is 1. The summed E-state index contributed by atoms with van der Waals surface area (Å²) in [6.45, 7) is 1.92. The number of methoxy groups -OCH3 is 2. The second kappa shape index (κ2) is 21.1. The largest absolute Gasteiger partial charge is 0.477 e. The molecule has 0 saturated heterocycles. The zero-order valence-electron chi connectivity index (χ0n) is 25.4. The van der Waals surface area contributed by atoms with Crippen LogP contribution in [0.4, 0.5) is 8.78 Å². The Labute approximate surface area is 270 Å². The lowest BCUT2D eigenvalue weighted by Gasteiger charge is -2.12. The van der Waals surface area contributed by atoms with E-state index in [0.29, 0.717) is 26.3 Å². The number of amides is 1. The number of carbonyl (C=O) groups excluding carboxylic acids is 1. The van der Waals surface area contributed by atoms with Gasteiger partial charge in [0.15, 0.2) is 0 Å². The summed E-state index contributed by atoms with van der Waals surface area (Å²) < 4.78 is 37.3. The molecule has 0 aliphatic rings. The summed E-state index contributed by atoms with van der Waals surface area (Å²) in [4.78, 5) is 46.1. The van der Waals surface area contributed by atoms with Gasteiger partial charge in [0.05, 0.1) is 13.2 Å². The van der Waals surface area contributed by atoms with Crippen molar-refractivity contribution in [2.45, 2.75) is 26.2 Å². The SMILES string of the molecule is COCCn1c(C(=O)NCc2ccc(F)cc2)cccc1=O.COCCn1c(C(=O)O)cccc1=O.Cl.NCc1ccc(F)cc1. The molecule has 0 unspecified atom stereocenters. The Kier molecular flexibility index (Phi) is 18.1. The van der Waals surface area contributed by atoms with Crippen LogP contribution in [0.15, 0.2) is 94.5 Å². The Hall–Kier alpha value is -4.69. The fourth-order valence-corrected chi connectivity index (χ4v) is 3.75. The Bertz CT molecular complexity index is 1630. The Morgan fingerprint density at radius 2 is 1.17 bits per heavy atom. The van der Waals surface area contributed by atoms with Crippen LogP contribution in [-0.4, -0.2) is 53.6 Å². The van der Waals surface area contributed by atoms with Gasteiger partial charge >= 0.3 is 5.97 Å². The third kappa shape index (κ3) is 13.1. The zero-order valence-corrected chi connectivity index (χ0v) is 26.2. The van der Waals surface area contributed by atoms with Gasteiger partial charge in [-0.1, -0.05) is 36.4 Å². The smallest absolute Gasteiger partial charge is 0.352 e. The molecule has 0 saturated carbocycles. The van der Waals surface area contributed by atoms with Gasteiger partial charge in [-0.15, -0.1) is 12.4 Å². The standard InChI is InChI=1S/C16H17FN2O3.C9H11NO4.C7H8FN.ClH/c1-22-10-9-19-14(3-2-4-15(19)20)16(21)18-11-12-5-7-13(17)8-6-12;1-14-6-5-10-7(9(12)13)3-2-4-8(10)11;8-7-3-1-6(5-9)2-4-7;/h2-8H,9-11H2,1H3,(H,18,21);2-4H,5-6H2,1H3,(H,12,13);1-4H,5,9H2;1H. The number of pyridine rings is 2. The van der Waals surface area contributed by atoms with Crippen molar-refractivity contribution < 1.29 is 33.0 Å². The van der Waals surface area contributed by atoms with Gasteiger partial charge in [0.1, 0.15) is 23.0 Å². The number of benzene rings is 2. The first-order chi connectivity index (χ1) is 21.6. The number of ether oxygens (including phenoxy) is 2. The summed E-state index contributed by atoms with van der Waals surface area (Å²) >= 11 is 0. The Balaban J connectivity index is 0.000000377. The first-order valence-electron chi connectivity index (χ1n) is 13.7. The highest BCUT2D eigenvalue weighted by atomic mass is 35.5. The summed E-state index contributed by atoms with van der Waals surface area (Å²) in [6, 6.07) is 20.7. The van der Waals surface area contributed by atoms with Gasteiger partial charge in [0.25, 0.3) is 17.0 Å². The molecule has 0 radical (unpaired) electrons. The van der Waals surface area contributed by atoms with E-state index in [4.69, 9.17) is 20.3 Å². The van der Waals surface area contributed by atoms with E-state index < -0.39 is 5.97 Å². The molecule has 4 aromatic rings. The summed E-state index contributed by atoms with van der Waals surface area (Å²) in [5.74, 6) is -2.02. The van der Waals surface area contributed by atoms with E-state index in [1.807, 2.05) is 0 Å². The van der Waals surface area contributed by atoms with Crippen molar-refractivity contribution in [3.8, 4) is 0 Å². The highest BCUT2D eigenvalue weighted by Crippen LogP contribution is 2.04. The van der Waals surface area contributed by atoms with Crippen LogP contribution in [0, 0.1) is 11.6 Å². The third-order valence-electron chi connectivity index (χ3n) is 6.10. The van der Waals surface area contributed by atoms with Crippen LogP contribution in [0.3, 0.4) is 0 Å². The van der Waals surface area contributed by atoms with Crippen molar-refractivity contribution in [3.63, 3.8) is 0 Å². The molecule has 0 bridgehead atoms. The number of nitrogens with two attached hydrogens (primary N) is 1. The number of nitrogens with one attached hydrogen (secondary N) is 1. The van der Waals surface area contributed by atoms with Crippen molar-refractivity contribution in [2.24, 2.45) is 5.73 Å². The van der Waals surface area contributed by atoms with Crippen LogP contribution in [0.2, 0.25) is 0 Å². The molecule has 14 heteroatoms. The molecule has 0 fully saturated rings. The van der Waals surface area contributed by atoms with Gasteiger partial charge < -0.3 is 34.8 Å². The molecule has 46 heavy (non-hydrogen) atoms. The average molecular weight is 663 g/mol. The van der Waals surface area contributed by atoms with Gasteiger partial charge in [0, 0.05) is 52.5 Å². The van der Waals surface area contributed by atoms with E-state index in [0.717, 1.165) is 11.1 Å². The summed E-state index contributed by atoms with van der Waals surface area (Å²) in [5, 5.41) is 11.5. The van der Waals surface area contributed by atoms with E-state index in [9.17, 15) is 28.0 Å². The third-order valence-corrected chi connectivity index (χ3v) is 6.10. The maximum Gasteiger partial charge on any atom is 0.352 e. The topological polar surface area (TPSA) is 155 Å². The van der Waals surface area contributed by atoms with E-state index in [-0.39, 0.29) is 65.5 Å². The minimum Gasteiger partial charge on any atom is -0.477 e. The first kappa shape index (κ1) is 39.3. The van der Waals surface area contributed by atoms with Crippen LogP contribution in [-0.2, 0) is 35.7 Å². The predicted molar refractivity (Wildman–Crippen MR) is 171 cm³/mol. The average Bonchev–Trinajstić information content (AvgIpc) is 3.04. The summed E-state index contributed by atoms with van der Waals surface area (Å²) in [5.41, 5.74) is 6.67. The van der Waals surface area contributed by atoms with Gasteiger partial charge in [-0.2, -0.15) is 0 Å². The predicted octanol–water partition coefficient (Wildman–Crippen LogP) is 3.46. The Morgan fingerprint density at radius 1 is 0.739 bits per heavy atom. The lowest BCUT2D eigenvalue weighted by molar-refractivity contribution is 0.0680. The number of carboxylic acids is 1. The van der Waals surface area contributed by atoms with Gasteiger partial charge in [-0.05, 0) is 47.5 Å². The lowest BCUT2D eigenvalue weighted by Crippen LogP contribution is -2.32. The van der Waals surface area contributed by atoms with Crippen LogP contribution < -0.4 is 22.2 Å². The van der Waals surface area contributed by atoms with Crippen LogP contribution in [0.25, 0.3) is 0 Å². The molecule has 1 amide bonds. The number of aromatic nitrogens is 2. The maximum atomic E-state index is 12.8. The molecular formula is C32H37ClF2N4O7. The lowest BCUT2D eigenvalue weighted by atomic mass is 10.2. The van der Waals surface area contributed by atoms with E-state index in [2.05, 4.69) is 5.32 Å². The number of aromatic carboxylic acids is 1. The molecule has 248 valence electrons. The zero-order chi connectivity index (χ0) is 33.2. The van der Waals surface area contributed by atoms with Gasteiger partial charge in [-0.3, -0.25) is 14.4 Å². The van der Waals surface area contributed by atoms with E-state index in [1.165, 1.54) is 71.9 Å². The molecular weight excluding hydrogens is 626 g/mol. The summed E-state index contributed by atoms with van der Waals surface area (Å²) in [7, 11) is 3.02. The number of hydrogen-bond donors (Lipinski definition) is 3. The monoisotopic (exact) mass is 662 g/mol. The van der Waals surface area contributed by atoms with Crippen molar-refractivity contribution in [2.75, 3.05) is 27.4 Å². The fourth-order valence-electron chi connectivity index (χ4n) is 3.75. The van der Waals surface area contributed by atoms with Crippen LogP contribution in [0.1, 0.15) is 32.1 Å². The maximum absolute atomic E-state index is 12.8. The number of hydrogen-bond acceptors (Lipinski definition) is 7. The number of carbonyl (C=O) groups is 2. The number of nitrogens with zero attached hydrogens (tertiary/aromatic N) is 2. The van der Waals surface area contributed by atoms with Crippen molar-refractivity contribution >= 4 is 24.3 Å². The van der Waals surface area contributed by atoms with E-state index >= 15 is 0 Å². The second-order valence-corrected chi connectivity index (χ2v) is 9.23. The highest BCUT2D eigenvalue weighted by Gasteiger charge is 2.12. The van der Waals surface area contributed by atoms with Crippen molar-refractivity contribution in [1.82, 2.24) is 14.5 Å². The fraction of sp³-hybridized carbons (Fsp3) is 0.250. The molecule has 2 heterocycles. The minimum atomic E-state index is -1.11. The number of halogens is 3. The minimum absolute atomic E-state index is 0. The highest BCUT2D eigenvalue weighted by molar-refractivity contribution is 5.92. The Morgan fingerprint density at radius 3 is 1.61 bits per heavy atom. The molecule has 0 atom stereocenters. The summed E-state index contributed by atoms with van der Waals surface area (Å²) in [6.07, 6.45) is 0. The number of rotatable bonds is 11. The van der Waals surface area contributed by atoms with Crippen molar-refractivity contribution in [1.29, 1.82) is 0 Å². The van der Waals surface area contributed by atoms with Gasteiger partial charge in [0.2, 0.25) is 0 Å². The van der Waals surface area contributed by atoms with E-state index in [1.54, 1.807) is 36.4 Å². The van der Waals surface area contributed by atoms with Gasteiger partial charge in [-0.25, -0.2) is 13.6 Å². The van der Waals surface area contributed by atoms with Crippen LogP contribution >= 0.6 is 12.4 Å². The quantitative estimate of drug-likeness (QED) is 0.221. The first-order valence-corrected chi connectivity index (χ1v) is 13.7.